The van der Waals surface area contributed by atoms with Gasteiger partial charge in [0.2, 0.25) is 0 Å². The molecule has 1 aliphatic rings. The number of carbonyl (C=O) groups excluding carboxylic acids is 1. The number of nitrogens with one attached hydrogen (secondary N) is 2. The van der Waals surface area contributed by atoms with Gasteiger partial charge in [0, 0.05) is 34.6 Å². The van der Waals surface area contributed by atoms with Gasteiger partial charge in [0.25, 0.3) is 5.91 Å². The average molecular weight is 447 g/mol. The highest BCUT2D eigenvalue weighted by Crippen LogP contribution is 2.32. The normalized spacial score (nSPS) is 18.0. The van der Waals surface area contributed by atoms with E-state index in [2.05, 4.69) is 26.0 Å². The Hall–Kier alpha value is -3.18. The molecule has 1 fully saturated rings. The van der Waals surface area contributed by atoms with Crippen LogP contribution < -0.4 is 14.8 Å². The van der Waals surface area contributed by atoms with Gasteiger partial charge in [0.05, 0.1) is 24.5 Å². The number of aryl methyl sites for hydroxylation is 1. The molecule has 0 radical (unpaired) electrons. The van der Waals surface area contributed by atoms with Crippen LogP contribution in [0.25, 0.3) is 5.52 Å². The summed E-state index contributed by atoms with van der Waals surface area (Å²) in [5.74, 6) is 3.22. The van der Waals surface area contributed by atoms with Crippen LogP contribution in [-0.2, 0) is 14.4 Å². The van der Waals surface area contributed by atoms with Crippen molar-refractivity contribution in [3.63, 3.8) is 0 Å². The van der Waals surface area contributed by atoms with Gasteiger partial charge in [-0.25, -0.2) is 18.1 Å². The molecule has 164 valence electrons. The maximum absolute atomic E-state index is 13.9. The van der Waals surface area contributed by atoms with Gasteiger partial charge in [-0.15, -0.1) is 0 Å². The van der Waals surface area contributed by atoms with Gasteiger partial charge in [-0.1, -0.05) is 0 Å². The van der Waals surface area contributed by atoms with Crippen molar-refractivity contribution >= 4 is 38.5 Å². The number of hydrogen-bond acceptors (Lipinski definition) is 7. The summed E-state index contributed by atoms with van der Waals surface area (Å²) in [6.45, 7) is 2.77. The second kappa shape index (κ2) is 8.16. The molecule has 3 heterocycles. The van der Waals surface area contributed by atoms with Gasteiger partial charge in [-0.3, -0.25) is 9.52 Å². The average Bonchev–Trinajstić information content (AvgIpc) is 3.31. The number of halogens is 1. The fraction of sp³-hybridized carbons (Fsp3) is 0.300. The van der Waals surface area contributed by atoms with Gasteiger partial charge in [-0.05, 0) is 30.5 Å². The fourth-order valence-corrected chi connectivity index (χ4v) is 3.84. The summed E-state index contributed by atoms with van der Waals surface area (Å²) in [7, 11) is -2.73. The monoisotopic (exact) mass is 447 g/mol. The molecular weight excluding hydrogens is 425 g/mol. The molecular formula is C20H22FN5O4S. The van der Waals surface area contributed by atoms with Crippen LogP contribution in [-0.4, -0.2) is 56.2 Å². The maximum atomic E-state index is 13.9. The summed E-state index contributed by atoms with van der Waals surface area (Å²) in [5, 5.41) is 7.31. The van der Waals surface area contributed by atoms with E-state index in [9.17, 15) is 13.4 Å². The number of carbonyl (C=O) groups is 1. The molecule has 1 amide bonds. The molecule has 0 spiro atoms. The maximum Gasteiger partial charge on any atom is 0.264 e. The summed E-state index contributed by atoms with van der Waals surface area (Å²) >= 11 is 0. The number of fused-ring (bicyclic) bond motifs is 1. The van der Waals surface area contributed by atoms with Gasteiger partial charge < -0.3 is 14.8 Å². The number of anilines is 2. The standard InChI is InChI=1S/C20H22FN5O4S/c1-12-15(20(27)25-31(2,3)28)9-26-18(12)19(22-11-23-26)24-16-5-4-13(21)8-17(16)30-14-6-7-29-10-14/h4-5,8-9,11,14H,2,6-7,10H2,1,3H3,(H,22,23,24)(H,25,27,28). The summed E-state index contributed by atoms with van der Waals surface area (Å²) in [4.78, 5) is 16.8. The molecule has 1 aliphatic heterocycles. The molecule has 9 nitrogen and oxygen atoms in total. The van der Waals surface area contributed by atoms with Gasteiger partial charge >= 0.3 is 0 Å². The lowest BCUT2D eigenvalue weighted by Gasteiger charge is -2.17. The summed E-state index contributed by atoms with van der Waals surface area (Å²) in [5.41, 5.74) is 1.92. The van der Waals surface area contributed by atoms with E-state index in [1.54, 1.807) is 13.0 Å². The van der Waals surface area contributed by atoms with E-state index in [1.807, 2.05) is 0 Å². The van der Waals surface area contributed by atoms with Crippen LogP contribution >= 0.6 is 0 Å². The molecule has 1 saturated heterocycles. The number of nitrogens with zero attached hydrogens (tertiary/aromatic N) is 3. The largest absolute Gasteiger partial charge is 0.486 e. The predicted octanol–water partition coefficient (Wildman–Crippen LogP) is 2.08. The molecule has 2 atom stereocenters. The molecule has 11 heteroatoms. The van der Waals surface area contributed by atoms with Crippen molar-refractivity contribution in [1.82, 2.24) is 19.3 Å². The Morgan fingerprint density at radius 1 is 1.45 bits per heavy atom. The summed E-state index contributed by atoms with van der Waals surface area (Å²) in [6.07, 6.45) is 4.75. The lowest BCUT2D eigenvalue weighted by Crippen LogP contribution is -2.29. The van der Waals surface area contributed by atoms with Crippen LogP contribution in [0, 0.1) is 12.7 Å². The Morgan fingerprint density at radius 3 is 2.97 bits per heavy atom. The zero-order chi connectivity index (χ0) is 22.2. The molecule has 2 unspecified atom stereocenters. The number of aromatic nitrogens is 3. The van der Waals surface area contributed by atoms with Crippen molar-refractivity contribution in [2.24, 2.45) is 0 Å². The number of benzene rings is 1. The summed E-state index contributed by atoms with van der Waals surface area (Å²) < 4.78 is 40.9. The van der Waals surface area contributed by atoms with E-state index >= 15 is 0 Å². The first-order valence-corrected chi connectivity index (χ1v) is 11.6. The van der Waals surface area contributed by atoms with Crippen molar-refractivity contribution in [3.8, 4) is 5.75 Å². The quantitative estimate of drug-likeness (QED) is 0.557. The second-order valence-electron chi connectivity index (χ2n) is 7.37. The van der Waals surface area contributed by atoms with E-state index in [-0.39, 0.29) is 6.10 Å². The third kappa shape index (κ3) is 4.62. The van der Waals surface area contributed by atoms with Gasteiger partial charge in [0.1, 0.15) is 29.5 Å². The van der Waals surface area contributed by atoms with Crippen molar-refractivity contribution in [1.29, 1.82) is 0 Å². The third-order valence-corrected chi connectivity index (χ3v) is 5.38. The molecule has 2 aromatic heterocycles. The Labute approximate surface area is 178 Å². The zero-order valence-corrected chi connectivity index (χ0v) is 17.9. The number of ether oxygens (including phenoxy) is 2. The molecule has 0 bridgehead atoms. The number of amides is 1. The van der Waals surface area contributed by atoms with Crippen molar-refractivity contribution in [3.05, 3.63) is 47.7 Å². The molecule has 1 aromatic carbocycles. The zero-order valence-electron chi connectivity index (χ0n) is 17.1. The highest BCUT2D eigenvalue weighted by Gasteiger charge is 2.22. The van der Waals surface area contributed by atoms with Crippen LogP contribution in [0.5, 0.6) is 5.75 Å². The SMILES string of the molecule is C=S(C)(=O)NC(=O)c1cn2ncnc(Nc3ccc(F)cc3OC3CCOC3)c2c1C. The van der Waals surface area contributed by atoms with Gasteiger partial charge in [-0.2, -0.15) is 5.10 Å². The minimum absolute atomic E-state index is 0.162. The van der Waals surface area contributed by atoms with E-state index in [0.717, 1.165) is 6.42 Å². The first-order chi connectivity index (χ1) is 14.7. The van der Waals surface area contributed by atoms with E-state index in [4.69, 9.17) is 9.47 Å². The fourth-order valence-electron chi connectivity index (χ4n) is 3.34. The van der Waals surface area contributed by atoms with Crippen molar-refractivity contribution < 1.29 is 22.9 Å². The minimum Gasteiger partial charge on any atom is -0.486 e. The van der Waals surface area contributed by atoms with Crippen molar-refractivity contribution in [2.45, 2.75) is 19.4 Å². The van der Waals surface area contributed by atoms with Crippen LogP contribution in [0.3, 0.4) is 0 Å². The van der Waals surface area contributed by atoms with Crippen LogP contribution in [0.1, 0.15) is 22.3 Å². The topological polar surface area (TPSA) is 107 Å². The number of rotatable bonds is 6. The molecule has 0 saturated carbocycles. The summed E-state index contributed by atoms with van der Waals surface area (Å²) in [6, 6.07) is 4.17. The first kappa shape index (κ1) is 21.1. The molecule has 31 heavy (non-hydrogen) atoms. The lowest BCUT2D eigenvalue weighted by molar-refractivity contribution is 0.0982. The highest BCUT2D eigenvalue weighted by molar-refractivity contribution is 7.98. The Morgan fingerprint density at radius 2 is 2.26 bits per heavy atom. The predicted molar refractivity (Wildman–Crippen MR) is 116 cm³/mol. The second-order valence-corrected chi connectivity index (χ2v) is 9.59. The molecule has 3 aromatic rings. The van der Waals surface area contributed by atoms with Crippen LogP contribution in [0.4, 0.5) is 15.9 Å². The van der Waals surface area contributed by atoms with E-state index in [1.165, 1.54) is 35.4 Å². The van der Waals surface area contributed by atoms with E-state index < -0.39 is 21.4 Å². The van der Waals surface area contributed by atoms with E-state index in [0.29, 0.717) is 47.1 Å². The van der Waals surface area contributed by atoms with Crippen LogP contribution in [0.2, 0.25) is 0 Å². The van der Waals surface area contributed by atoms with Crippen molar-refractivity contribution in [2.75, 3.05) is 24.8 Å². The smallest absolute Gasteiger partial charge is 0.264 e. The molecule has 2 N–H and O–H groups in total. The van der Waals surface area contributed by atoms with Crippen LogP contribution in [0.15, 0.2) is 30.7 Å². The third-order valence-electron chi connectivity index (χ3n) is 4.76. The Balaban J connectivity index is 1.70. The Kier molecular flexibility index (Phi) is 5.54. The lowest BCUT2D eigenvalue weighted by atomic mass is 10.2. The molecule has 0 aliphatic carbocycles. The highest BCUT2D eigenvalue weighted by atomic mass is 32.2. The van der Waals surface area contributed by atoms with Gasteiger partial charge in [0.15, 0.2) is 5.82 Å². The first-order valence-electron chi connectivity index (χ1n) is 9.49. The minimum atomic E-state index is -2.73. The Bertz CT molecular complexity index is 1250. The number of hydrogen-bond donors (Lipinski definition) is 2. The molecule has 4 rings (SSSR count).